The highest BCUT2D eigenvalue weighted by Gasteiger charge is 2.33. The molecule has 1 saturated carbocycles. The molecule has 2 rings (SSSR count). The lowest BCUT2D eigenvalue weighted by atomic mass is 9.96. The molecule has 114 valence electrons. The minimum absolute atomic E-state index is 0.162. The molecule has 1 amide bonds. The molecular weight excluding hydrogens is 256 g/mol. The van der Waals surface area contributed by atoms with Crippen molar-refractivity contribution in [3.8, 4) is 0 Å². The molecule has 0 aromatic heterocycles. The summed E-state index contributed by atoms with van der Waals surface area (Å²) in [7, 11) is 0. The average molecular weight is 282 g/mol. The van der Waals surface area contributed by atoms with Crippen molar-refractivity contribution in [2.75, 3.05) is 19.6 Å². The molecule has 5 heteroatoms. The molecule has 2 N–H and O–H groups in total. The van der Waals surface area contributed by atoms with Crippen LogP contribution in [-0.2, 0) is 9.59 Å². The molecule has 1 heterocycles. The quantitative estimate of drug-likeness (QED) is 0.801. The maximum absolute atomic E-state index is 12.3. The largest absolute Gasteiger partial charge is 0.481 e. The number of aliphatic carboxylic acids is 1. The number of carbonyl (C=O) groups is 2. The Labute approximate surface area is 120 Å². The number of nitrogens with one attached hydrogen (secondary N) is 1. The highest BCUT2D eigenvalue weighted by molar-refractivity contribution is 5.81. The van der Waals surface area contributed by atoms with Crippen molar-refractivity contribution in [3.05, 3.63) is 0 Å². The molecule has 0 aromatic rings. The number of amides is 1. The summed E-state index contributed by atoms with van der Waals surface area (Å²) in [6.45, 7) is 4.26. The molecule has 1 aliphatic heterocycles. The second-order valence-corrected chi connectivity index (χ2v) is 6.15. The van der Waals surface area contributed by atoms with Gasteiger partial charge < -0.3 is 15.3 Å². The third-order valence-corrected chi connectivity index (χ3v) is 4.70. The molecule has 2 aliphatic rings. The Morgan fingerprint density at radius 2 is 1.90 bits per heavy atom. The van der Waals surface area contributed by atoms with E-state index in [4.69, 9.17) is 5.11 Å². The van der Waals surface area contributed by atoms with Crippen molar-refractivity contribution in [1.29, 1.82) is 0 Å². The first-order valence-electron chi connectivity index (χ1n) is 7.84. The fourth-order valence-electron chi connectivity index (χ4n) is 3.41. The van der Waals surface area contributed by atoms with Gasteiger partial charge in [-0.3, -0.25) is 9.59 Å². The average Bonchev–Trinajstić information content (AvgIpc) is 2.93. The lowest BCUT2D eigenvalue weighted by molar-refractivity contribution is -0.142. The molecule has 3 atom stereocenters. The van der Waals surface area contributed by atoms with Crippen LogP contribution in [0.25, 0.3) is 0 Å². The molecule has 3 unspecified atom stereocenters. The van der Waals surface area contributed by atoms with Crippen LogP contribution < -0.4 is 5.32 Å². The molecule has 1 saturated heterocycles. The standard InChI is InChI=1S/C15H26N2O3/c1-11(14(18)17-8-3-2-4-9-17)16-10-12-6-5-7-13(12)15(19)20/h11-13,16H,2-10H2,1H3,(H,19,20). The van der Waals surface area contributed by atoms with Gasteiger partial charge >= 0.3 is 5.97 Å². The minimum Gasteiger partial charge on any atom is -0.481 e. The van der Waals surface area contributed by atoms with Gasteiger partial charge in [-0.2, -0.15) is 0 Å². The smallest absolute Gasteiger partial charge is 0.306 e. The number of likely N-dealkylation sites (tertiary alicyclic amines) is 1. The van der Waals surface area contributed by atoms with Gasteiger partial charge in [0.05, 0.1) is 12.0 Å². The van der Waals surface area contributed by atoms with E-state index in [1.807, 2.05) is 11.8 Å². The number of carbonyl (C=O) groups excluding carboxylic acids is 1. The molecular formula is C15H26N2O3. The lowest BCUT2D eigenvalue weighted by Crippen LogP contribution is -2.48. The number of rotatable bonds is 5. The molecule has 0 aromatic carbocycles. The molecule has 5 nitrogen and oxygen atoms in total. The van der Waals surface area contributed by atoms with Crippen LogP contribution >= 0.6 is 0 Å². The summed E-state index contributed by atoms with van der Waals surface area (Å²) in [6.07, 6.45) is 6.13. The topological polar surface area (TPSA) is 69.6 Å². The van der Waals surface area contributed by atoms with E-state index < -0.39 is 5.97 Å². The summed E-state index contributed by atoms with van der Waals surface area (Å²) in [6, 6.07) is -0.205. The van der Waals surface area contributed by atoms with Gasteiger partial charge in [-0.1, -0.05) is 6.42 Å². The summed E-state index contributed by atoms with van der Waals surface area (Å²) >= 11 is 0. The minimum atomic E-state index is -0.690. The van der Waals surface area contributed by atoms with Gasteiger partial charge in [0.2, 0.25) is 5.91 Å². The number of hydrogen-bond acceptors (Lipinski definition) is 3. The van der Waals surface area contributed by atoms with Crippen LogP contribution in [0.4, 0.5) is 0 Å². The van der Waals surface area contributed by atoms with Crippen molar-refractivity contribution in [1.82, 2.24) is 10.2 Å². The van der Waals surface area contributed by atoms with E-state index in [2.05, 4.69) is 5.32 Å². The summed E-state index contributed by atoms with van der Waals surface area (Å²) in [5.74, 6) is -0.595. The number of nitrogens with zero attached hydrogens (tertiary/aromatic N) is 1. The zero-order chi connectivity index (χ0) is 14.5. The fraction of sp³-hybridized carbons (Fsp3) is 0.867. The number of hydrogen-bond donors (Lipinski definition) is 2. The molecule has 1 aliphatic carbocycles. The second kappa shape index (κ2) is 7.07. The fourth-order valence-corrected chi connectivity index (χ4v) is 3.41. The van der Waals surface area contributed by atoms with Crippen LogP contribution in [-0.4, -0.2) is 47.6 Å². The van der Waals surface area contributed by atoms with Gasteiger partial charge in [0.1, 0.15) is 0 Å². The van der Waals surface area contributed by atoms with Gasteiger partial charge in [0, 0.05) is 13.1 Å². The van der Waals surface area contributed by atoms with E-state index in [9.17, 15) is 9.59 Å². The second-order valence-electron chi connectivity index (χ2n) is 6.15. The Hall–Kier alpha value is -1.10. The Bertz CT molecular complexity index is 353. The number of piperidine rings is 1. The highest BCUT2D eigenvalue weighted by atomic mass is 16.4. The number of carboxylic acid groups (broad SMARTS) is 1. The van der Waals surface area contributed by atoms with Crippen molar-refractivity contribution >= 4 is 11.9 Å². The van der Waals surface area contributed by atoms with E-state index in [0.717, 1.165) is 45.2 Å². The first-order chi connectivity index (χ1) is 9.59. The summed E-state index contributed by atoms with van der Waals surface area (Å²) in [4.78, 5) is 25.3. The lowest BCUT2D eigenvalue weighted by Gasteiger charge is -2.30. The van der Waals surface area contributed by atoms with Gasteiger partial charge in [0.15, 0.2) is 0 Å². The first kappa shape index (κ1) is 15.3. The normalized spacial score (nSPS) is 28.4. The van der Waals surface area contributed by atoms with Crippen LogP contribution in [0.1, 0.15) is 45.4 Å². The third kappa shape index (κ3) is 3.72. The van der Waals surface area contributed by atoms with E-state index in [-0.39, 0.29) is 23.8 Å². The Kier molecular flexibility index (Phi) is 5.40. The van der Waals surface area contributed by atoms with E-state index in [0.29, 0.717) is 6.54 Å². The molecule has 0 radical (unpaired) electrons. The Morgan fingerprint density at radius 1 is 1.20 bits per heavy atom. The molecule has 20 heavy (non-hydrogen) atoms. The molecule has 0 bridgehead atoms. The van der Waals surface area contributed by atoms with Gasteiger partial charge in [-0.05, 0) is 51.5 Å². The van der Waals surface area contributed by atoms with Crippen molar-refractivity contribution in [2.24, 2.45) is 11.8 Å². The van der Waals surface area contributed by atoms with Gasteiger partial charge in [-0.25, -0.2) is 0 Å². The van der Waals surface area contributed by atoms with Crippen molar-refractivity contribution in [3.63, 3.8) is 0 Å². The summed E-state index contributed by atoms with van der Waals surface area (Å²) in [5.41, 5.74) is 0. The SMILES string of the molecule is CC(NCC1CCCC1C(=O)O)C(=O)N1CCCCC1. The monoisotopic (exact) mass is 282 g/mol. The van der Waals surface area contributed by atoms with Crippen molar-refractivity contribution in [2.45, 2.75) is 51.5 Å². The summed E-state index contributed by atoms with van der Waals surface area (Å²) in [5, 5.41) is 12.4. The third-order valence-electron chi connectivity index (χ3n) is 4.70. The summed E-state index contributed by atoms with van der Waals surface area (Å²) < 4.78 is 0. The van der Waals surface area contributed by atoms with Crippen molar-refractivity contribution < 1.29 is 14.7 Å². The van der Waals surface area contributed by atoms with E-state index in [1.165, 1.54) is 6.42 Å². The Balaban J connectivity index is 1.77. The highest BCUT2D eigenvalue weighted by Crippen LogP contribution is 2.31. The zero-order valence-corrected chi connectivity index (χ0v) is 12.3. The zero-order valence-electron chi connectivity index (χ0n) is 12.3. The maximum Gasteiger partial charge on any atom is 0.306 e. The van der Waals surface area contributed by atoms with Crippen LogP contribution in [0.15, 0.2) is 0 Å². The maximum atomic E-state index is 12.3. The van der Waals surface area contributed by atoms with Crippen LogP contribution in [0, 0.1) is 11.8 Å². The van der Waals surface area contributed by atoms with Crippen LogP contribution in [0.2, 0.25) is 0 Å². The van der Waals surface area contributed by atoms with Gasteiger partial charge in [-0.15, -0.1) is 0 Å². The van der Waals surface area contributed by atoms with E-state index >= 15 is 0 Å². The predicted molar refractivity (Wildman–Crippen MR) is 76.4 cm³/mol. The number of carboxylic acids is 1. The molecule has 2 fully saturated rings. The first-order valence-corrected chi connectivity index (χ1v) is 7.84. The molecule has 0 spiro atoms. The predicted octanol–water partition coefficient (Wildman–Crippen LogP) is 1.48. The van der Waals surface area contributed by atoms with E-state index in [1.54, 1.807) is 0 Å². The van der Waals surface area contributed by atoms with Crippen LogP contribution in [0.3, 0.4) is 0 Å². The Morgan fingerprint density at radius 3 is 2.55 bits per heavy atom. The van der Waals surface area contributed by atoms with Crippen LogP contribution in [0.5, 0.6) is 0 Å². The van der Waals surface area contributed by atoms with Gasteiger partial charge in [0.25, 0.3) is 0 Å².